The number of fused-ring (bicyclic) bond motifs is 1. The van der Waals surface area contributed by atoms with Crippen LogP contribution in [0.15, 0.2) is 85.1 Å². The number of nitrogens with one attached hydrogen (secondary N) is 2. The van der Waals surface area contributed by atoms with Crippen molar-refractivity contribution in [3.8, 4) is 0 Å². The van der Waals surface area contributed by atoms with E-state index in [0.29, 0.717) is 18.0 Å². The number of para-hydroxylation sites is 1. The van der Waals surface area contributed by atoms with Crippen LogP contribution < -0.4 is 5.32 Å². The first-order chi connectivity index (χ1) is 22.9. The van der Waals surface area contributed by atoms with Crippen LogP contribution in [0.4, 0.5) is 9.59 Å². The first-order valence-electron chi connectivity index (χ1n) is 16.5. The Morgan fingerprint density at radius 1 is 1.02 bits per heavy atom. The van der Waals surface area contributed by atoms with Gasteiger partial charge in [-0.1, -0.05) is 72.3 Å². The minimum atomic E-state index is -0.610. The number of nitrogens with zero attached hydrogens (tertiary/aromatic N) is 3. The van der Waals surface area contributed by atoms with Crippen LogP contribution >= 0.6 is 11.6 Å². The molecule has 3 heterocycles. The van der Waals surface area contributed by atoms with Gasteiger partial charge in [0.25, 0.3) is 5.91 Å². The molecule has 2 atom stereocenters. The van der Waals surface area contributed by atoms with Crippen molar-refractivity contribution in [2.75, 3.05) is 32.7 Å². The Hall–Kier alpha value is -4.34. The predicted molar refractivity (Wildman–Crippen MR) is 183 cm³/mol. The van der Waals surface area contributed by atoms with Crippen LogP contribution in [0.5, 0.6) is 0 Å². The van der Waals surface area contributed by atoms with E-state index in [1.54, 1.807) is 0 Å². The van der Waals surface area contributed by atoms with E-state index in [1.807, 2.05) is 96.9 Å². The summed E-state index contributed by atoms with van der Waals surface area (Å²) in [4.78, 5) is 48.5. The third-order valence-electron chi connectivity index (χ3n) is 9.50. The van der Waals surface area contributed by atoms with E-state index in [4.69, 9.17) is 16.3 Å². The number of urea groups is 1. The van der Waals surface area contributed by atoms with Gasteiger partial charge in [-0.15, -0.1) is 0 Å². The molecule has 6 rings (SSSR count). The van der Waals surface area contributed by atoms with Crippen LogP contribution in [-0.4, -0.2) is 82.5 Å². The standard InChI is InChI=1S/C37H42ClN5O4/c1-2-42(37(46)47-25-26-9-4-3-5-10-26)31-16-19-41(20-17-31)18-15-28(27-11-8-12-30(38)21-27)24-43-35(44)34(40-36(43)45)22-29-23-39-33-14-7-6-13-32(29)33/h3-14,21,23,28,31,34,39H,2,15-20,22,24-25H2,1H3,(H,40,45)/t28?,34-/m1/s1. The number of rotatable bonds is 12. The number of benzene rings is 3. The van der Waals surface area contributed by atoms with Crippen LogP contribution in [0.25, 0.3) is 10.9 Å². The molecule has 0 spiro atoms. The average Bonchev–Trinajstić information content (AvgIpc) is 3.62. The molecule has 4 aromatic rings. The summed E-state index contributed by atoms with van der Waals surface area (Å²) in [7, 11) is 0. The molecule has 0 aliphatic carbocycles. The highest BCUT2D eigenvalue weighted by atomic mass is 35.5. The molecule has 246 valence electrons. The molecule has 47 heavy (non-hydrogen) atoms. The fourth-order valence-electron chi connectivity index (χ4n) is 6.88. The van der Waals surface area contributed by atoms with Crippen molar-refractivity contribution in [1.82, 2.24) is 25.0 Å². The van der Waals surface area contributed by atoms with Crippen molar-refractivity contribution < 1.29 is 19.1 Å². The van der Waals surface area contributed by atoms with Gasteiger partial charge in [-0.3, -0.25) is 9.69 Å². The zero-order valence-electron chi connectivity index (χ0n) is 26.7. The number of aromatic amines is 1. The summed E-state index contributed by atoms with van der Waals surface area (Å²) < 4.78 is 5.63. The van der Waals surface area contributed by atoms with Crippen molar-refractivity contribution in [2.45, 2.75) is 57.2 Å². The number of carbonyl (C=O) groups is 3. The summed E-state index contributed by atoms with van der Waals surface area (Å²) >= 11 is 6.39. The van der Waals surface area contributed by atoms with Crippen molar-refractivity contribution in [3.63, 3.8) is 0 Å². The number of halogens is 1. The van der Waals surface area contributed by atoms with Gasteiger partial charge in [0.05, 0.1) is 0 Å². The number of amides is 4. The molecule has 4 amide bonds. The number of H-pyrrole nitrogens is 1. The lowest BCUT2D eigenvalue weighted by atomic mass is 9.94. The molecule has 3 aromatic carbocycles. The predicted octanol–water partition coefficient (Wildman–Crippen LogP) is 6.58. The number of imide groups is 1. The number of likely N-dealkylation sites (tertiary alicyclic amines) is 1. The Labute approximate surface area is 280 Å². The first-order valence-corrected chi connectivity index (χ1v) is 16.9. The van der Waals surface area contributed by atoms with E-state index in [1.165, 1.54) is 4.90 Å². The Bertz CT molecular complexity index is 1690. The SMILES string of the molecule is CCN(C(=O)OCc1ccccc1)C1CCN(CCC(CN2C(=O)N[C@H](Cc3c[nH]c4ccccc34)C2=O)c2cccc(Cl)c2)CC1. The van der Waals surface area contributed by atoms with Gasteiger partial charge in [0.2, 0.25) is 0 Å². The number of hydrogen-bond acceptors (Lipinski definition) is 5. The smallest absolute Gasteiger partial charge is 0.410 e. The maximum atomic E-state index is 13.6. The lowest BCUT2D eigenvalue weighted by molar-refractivity contribution is -0.127. The number of carbonyl (C=O) groups excluding carboxylic acids is 3. The normalized spacial score (nSPS) is 18.0. The fraction of sp³-hybridized carbons (Fsp3) is 0.378. The third-order valence-corrected chi connectivity index (χ3v) is 9.74. The minimum absolute atomic E-state index is 0.0759. The van der Waals surface area contributed by atoms with E-state index in [0.717, 1.165) is 66.5 Å². The van der Waals surface area contributed by atoms with E-state index in [2.05, 4.69) is 15.2 Å². The molecule has 9 nitrogen and oxygen atoms in total. The summed E-state index contributed by atoms with van der Waals surface area (Å²) in [6.45, 7) is 5.65. The first kappa shape index (κ1) is 32.6. The van der Waals surface area contributed by atoms with Gasteiger partial charge in [-0.05, 0) is 67.6 Å². The second kappa shape index (κ2) is 15.0. The topological polar surface area (TPSA) is 98.0 Å². The Kier molecular flexibility index (Phi) is 10.4. The van der Waals surface area contributed by atoms with Gasteiger partial charge in [-0.2, -0.15) is 0 Å². The molecule has 0 bridgehead atoms. The Morgan fingerprint density at radius 2 is 1.79 bits per heavy atom. The van der Waals surface area contributed by atoms with Gasteiger partial charge >= 0.3 is 12.1 Å². The van der Waals surface area contributed by atoms with Crippen LogP contribution in [0.1, 0.15) is 48.8 Å². The molecule has 2 N–H and O–H groups in total. The van der Waals surface area contributed by atoms with Crippen LogP contribution in [0, 0.1) is 0 Å². The number of aromatic nitrogens is 1. The van der Waals surface area contributed by atoms with Gasteiger partial charge in [0.1, 0.15) is 12.6 Å². The van der Waals surface area contributed by atoms with E-state index in [-0.39, 0.29) is 43.1 Å². The number of piperidine rings is 1. The van der Waals surface area contributed by atoms with Crippen molar-refractivity contribution >= 4 is 40.5 Å². The summed E-state index contributed by atoms with van der Waals surface area (Å²) in [5.41, 5.74) is 3.99. The van der Waals surface area contributed by atoms with Gasteiger partial charge in [-0.25, -0.2) is 9.59 Å². The lowest BCUT2D eigenvalue weighted by Gasteiger charge is -2.38. The molecule has 0 saturated carbocycles. The highest BCUT2D eigenvalue weighted by molar-refractivity contribution is 6.30. The zero-order chi connectivity index (χ0) is 32.8. The van der Waals surface area contributed by atoms with E-state index >= 15 is 0 Å². The summed E-state index contributed by atoms with van der Waals surface area (Å²) in [6.07, 6.45) is 4.55. The van der Waals surface area contributed by atoms with E-state index < -0.39 is 6.04 Å². The van der Waals surface area contributed by atoms with Crippen molar-refractivity contribution in [3.05, 3.63) is 107 Å². The molecular formula is C37H42ClN5O4. The zero-order valence-corrected chi connectivity index (χ0v) is 27.5. The Morgan fingerprint density at radius 3 is 2.55 bits per heavy atom. The Balaban J connectivity index is 1.05. The van der Waals surface area contributed by atoms with Crippen molar-refractivity contribution in [2.24, 2.45) is 0 Å². The molecule has 2 aliphatic heterocycles. The van der Waals surface area contributed by atoms with Crippen LogP contribution in [-0.2, 0) is 22.6 Å². The largest absolute Gasteiger partial charge is 0.445 e. The highest BCUT2D eigenvalue weighted by Gasteiger charge is 2.39. The molecule has 1 aromatic heterocycles. The molecule has 2 aliphatic rings. The van der Waals surface area contributed by atoms with Crippen LogP contribution in [0.3, 0.4) is 0 Å². The third kappa shape index (κ3) is 7.80. The second-order valence-electron chi connectivity index (χ2n) is 12.5. The minimum Gasteiger partial charge on any atom is -0.445 e. The van der Waals surface area contributed by atoms with E-state index in [9.17, 15) is 14.4 Å². The molecular weight excluding hydrogens is 614 g/mol. The quantitative estimate of drug-likeness (QED) is 0.168. The number of ether oxygens (including phenoxy) is 1. The number of hydrogen-bond donors (Lipinski definition) is 2. The maximum Gasteiger partial charge on any atom is 0.410 e. The molecule has 0 radical (unpaired) electrons. The molecule has 1 unspecified atom stereocenters. The lowest BCUT2D eigenvalue weighted by Crippen LogP contribution is -2.47. The summed E-state index contributed by atoms with van der Waals surface area (Å²) in [5, 5.41) is 4.61. The average molecular weight is 656 g/mol. The monoisotopic (exact) mass is 655 g/mol. The molecule has 10 heteroatoms. The molecule has 2 saturated heterocycles. The summed E-state index contributed by atoms with van der Waals surface area (Å²) in [5.74, 6) is -0.278. The maximum absolute atomic E-state index is 13.6. The molecule has 2 fully saturated rings. The fourth-order valence-corrected chi connectivity index (χ4v) is 7.08. The summed E-state index contributed by atoms with van der Waals surface area (Å²) in [6, 6.07) is 24.6. The van der Waals surface area contributed by atoms with Gasteiger partial charge in [0, 0.05) is 66.7 Å². The van der Waals surface area contributed by atoms with Gasteiger partial charge < -0.3 is 24.8 Å². The van der Waals surface area contributed by atoms with Crippen molar-refractivity contribution in [1.29, 1.82) is 0 Å². The highest BCUT2D eigenvalue weighted by Crippen LogP contribution is 2.28. The van der Waals surface area contributed by atoms with Gasteiger partial charge in [0.15, 0.2) is 0 Å². The second-order valence-corrected chi connectivity index (χ2v) is 12.9. The van der Waals surface area contributed by atoms with Crippen LogP contribution in [0.2, 0.25) is 5.02 Å².